The predicted molar refractivity (Wildman–Crippen MR) is 186 cm³/mol. The van der Waals surface area contributed by atoms with E-state index in [1.807, 2.05) is 0 Å². The van der Waals surface area contributed by atoms with Gasteiger partial charge < -0.3 is 11.5 Å². The summed E-state index contributed by atoms with van der Waals surface area (Å²) >= 11 is 13.6. The van der Waals surface area contributed by atoms with Crippen LogP contribution >= 0.6 is 23.2 Å². The third-order valence-electron chi connectivity index (χ3n) is 7.89. The second kappa shape index (κ2) is 11.9. The summed E-state index contributed by atoms with van der Waals surface area (Å²) in [4.78, 5) is -1.36. The lowest BCUT2D eigenvalue weighted by Crippen LogP contribution is -2.05. The molecule has 6 aromatic carbocycles. The molecule has 0 fully saturated rings. The predicted octanol–water partition coefficient (Wildman–Crippen LogP) is 9.28. The summed E-state index contributed by atoms with van der Waals surface area (Å²) in [7, 11) is -9.98. The van der Waals surface area contributed by atoms with Gasteiger partial charge in [-0.15, -0.1) is 0 Å². The van der Waals surface area contributed by atoms with Gasteiger partial charge in [-0.2, -0.15) is 27.1 Å². The van der Waals surface area contributed by atoms with Gasteiger partial charge in [-0.25, -0.2) is 11.0 Å². The minimum atomic E-state index is -4.99. The van der Waals surface area contributed by atoms with Crippen LogP contribution in [0.1, 0.15) is 0 Å². The molecule has 0 aliphatic heterocycles. The van der Waals surface area contributed by atoms with Crippen molar-refractivity contribution in [3.05, 3.63) is 95.0 Å². The number of nitrogen functional groups attached to an aromatic ring is 2. The van der Waals surface area contributed by atoms with E-state index < -0.39 is 41.4 Å². The minimum absolute atomic E-state index is 0.0155. The molecule has 0 aliphatic rings. The van der Waals surface area contributed by atoms with Crippen molar-refractivity contribution in [1.29, 1.82) is 11.0 Å². The summed E-state index contributed by atoms with van der Waals surface area (Å²) < 4.78 is 86.0. The van der Waals surface area contributed by atoms with Crippen molar-refractivity contribution < 1.29 is 28.8 Å². The lowest BCUT2D eigenvalue weighted by Gasteiger charge is -2.18. The van der Waals surface area contributed by atoms with Gasteiger partial charge in [0.2, 0.25) is 2.82 Å². The van der Waals surface area contributed by atoms with Crippen LogP contribution in [0.4, 0.5) is 22.7 Å². The fraction of sp³-hybridized carbons (Fsp3) is 0. The Hall–Kier alpha value is -4.96. The molecule has 8 N–H and O–H groups in total. The van der Waals surface area contributed by atoms with E-state index in [2.05, 4.69) is 21.3 Å². The fourth-order valence-electron chi connectivity index (χ4n) is 5.88. The van der Waals surface area contributed by atoms with Crippen molar-refractivity contribution in [3.8, 4) is 33.4 Å². The highest BCUT2D eigenvalue weighted by Gasteiger charge is 2.30. The molecule has 0 atom stereocenters. The molecular formula is C32H22Cl2N6O6S2. The van der Waals surface area contributed by atoms with Gasteiger partial charge in [0.15, 0.2) is 0 Å². The molecule has 16 heteroatoms. The first-order valence-corrected chi connectivity index (χ1v) is 17.3. The third kappa shape index (κ3) is 5.34. The number of hydrogen-bond donors (Lipinski definition) is 6. The Morgan fingerprint density at radius 3 is 1.27 bits per heavy atom. The van der Waals surface area contributed by atoms with E-state index >= 15 is 0 Å². The molecule has 48 heavy (non-hydrogen) atoms. The Kier molecular flexibility index (Phi) is 7.55. The average molecular weight is 722 g/mol. The average Bonchev–Trinajstić information content (AvgIpc) is 3.06. The number of hydrogen-bond acceptors (Lipinski definition) is 10. The summed E-state index contributed by atoms with van der Waals surface area (Å²) in [6.07, 6.45) is 0. The molecule has 0 unspecified atom stereocenters. The fourth-order valence-corrected chi connectivity index (χ4v) is 8.18. The maximum absolute atomic E-state index is 12.7. The molecule has 12 nitrogen and oxygen atoms in total. The van der Waals surface area contributed by atoms with Crippen LogP contribution in [0.25, 0.3) is 54.9 Å². The maximum Gasteiger partial charge on any atom is 0.297 e. The highest BCUT2D eigenvalue weighted by atomic mass is 35.5. The van der Waals surface area contributed by atoms with Crippen molar-refractivity contribution in [1.82, 2.24) is 0 Å². The summed E-state index contributed by atoms with van der Waals surface area (Å²) in [5.74, 6) is 0. The minimum Gasteiger partial charge on any atom is -0.396 e. The Labute approximate surface area is 286 Å². The highest BCUT2D eigenvalue weighted by Crippen LogP contribution is 2.49. The van der Waals surface area contributed by atoms with Crippen molar-refractivity contribution in [2.75, 3.05) is 11.5 Å². The quantitative estimate of drug-likeness (QED) is 0.0526. The van der Waals surface area contributed by atoms with Gasteiger partial charge in [-0.1, -0.05) is 96.0 Å². The molecule has 0 aliphatic carbocycles. The highest BCUT2D eigenvalue weighted by molar-refractivity contribution is 7.86. The van der Waals surface area contributed by atoms with E-state index in [-0.39, 0.29) is 43.7 Å². The zero-order valence-electron chi connectivity index (χ0n) is 26.1. The molecule has 6 aromatic rings. The van der Waals surface area contributed by atoms with Crippen LogP contribution in [-0.2, 0) is 20.2 Å². The van der Waals surface area contributed by atoms with Crippen molar-refractivity contribution in [2.45, 2.75) is 9.79 Å². The summed E-state index contributed by atoms with van der Waals surface area (Å²) in [6.45, 7) is 0. The largest absolute Gasteiger partial charge is 0.396 e. The van der Waals surface area contributed by atoms with E-state index in [0.717, 1.165) is 0 Å². The van der Waals surface area contributed by atoms with Crippen LogP contribution in [0.2, 0.25) is 12.9 Å². The lowest BCUT2D eigenvalue weighted by atomic mass is 9.92. The summed E-state index contributed by atoms with van der Waals surface area (Å²) in [5, 5.41) is 8.73. The molecule has 242 valence electrons. The molecular weight excluding hydrogens is 699 g/mol. The van der Waals surface area contributed by atoms with Gasteiger partial charge >= 0.3 is 0 Å². The van der Waals surface area contributed by atoms with Crippen LogP contribution in [0.15, 0.2) is 105 Å². The molecule has 0 amide bonds. The number of nitrogens with zero attached hydrogens (tertiary/aromatic N) is 2. The molecule has 0 saturated carbocycles. The Morgan fingerprint density at radius 2 is 0.958 bits per heavy atom. The van der Waals surface area contributed by atoms with Crippen LogP contribution in [0.3, 0.4) is 0 Å². The molecule has 0 heterocycles. The monoisotopic (exact) mass is 720 g/mol. The van der Waals surface area contributed by atoms with E-state index in [1.165, 1.54) is 24.3 Å². The first-order chi connectivity index (χ1) is 23.7. The Morgan fingerprint density at radius 1 is 0.604 bits per heavy atom. The topological polar surface area (TPSA) is 233 Å². The van der Waals surface area contributed by atoms with Gasteiger partial charge in [0.1, 0.15) is 21.2 Å². The number of fused-ring (bicyclic) bond motifs is 2. The summed E-state index contributed by atoms with van der Waals surface area (Å²) in [6, 6.07) is 22.4. The first kappa shape index (κ1) is 30.4. The number of nitrogens with one attached hydrogen (secondary N) is 2. The zero-order valence-corrected chi connectivity index (χ0v) is 27.3. The normalized spacial score (nSPS) is 13.1. The third-order valence-corrected chi connectivity index (χ3v) is 10.3. The number of benzene rings is 6. The van der Waals surface area contributed by atoms with Crippen LogP contribution in [0.5, 0.6) is 0 Å². The standard InChI is InChI=1S/C32H22Cl2N6O6S2/c33-23-13-15(9-11-21(23)25-17-5-1-3-7-19(17)27(35)29(39-37)31(25)47(41,42)43)16-10-12-22(24(34)14-16)26-18-6-2-4-8-20(18)28(36)30(40-38)32(26)48(44,45)46/h1-14,37-38H,35-36H2,(H,41,42,43)(H,44,45,46)/b39-37+,40-38+. The zero-order chi connectivity index (χ0) is 36.1. The number of halogens is 2. The van der Waals surface area contributed by atoms with Gasteiger partial charge in [0.05, 0.1) is 11.4 Å². The van der Waals surface area contributed by atoms with Crippen molar-refractivity contribution in [3.63, 3.8) is 0 Å². The lowest BCUT2D eigenvalue weighted by molar-refractivity contribution is 0.481. The molecule has 0 radical (unpaired) electrons. The van der Waals surface area contributed by atoms with Crippen molar-refractivity contribution >= 4 is 87.7 Å². The Bertz CT molecular complexity index is 2510. The van der Waals surface area contributed by atoms with E-state index in [1.54, 1.807) is 60.7 Å². The first-order valence-electron chi connectivity index (χ1n) is 14.5. The number of anilines is 2. The smallest absolute Gasteiger partial charge is 0.297 e. The molecule has 0 saturated heterocycles. The second-order valence-corrected chi connectivity index (χ2v) is 14.1. The summed E-state index contributed by atoms with van der Waals surface area (Å²) in [5.41, 5.74) is 18.6. The van der Waals surface area contributed by atoms with E-state index in [0.29, 0.717) is 32.7 Å². The van der Waals surface area contributed by atoms with Crippen molar-refractivity contribution in [2.24, 2.45) is 10.2 Å². The molecule has 0 bridgehead atoms. The van der Waals surface area contributed by atoms with Gasteiger partial charge in [-0.3, -0.25) is 9.11 Å². The van der Waals surface area contributed by atoms with Gasteiger partial charge in [-0.05, 0) is 34.0 Å². The molecule has 0 aromatic heterocycles. The number of nitrogens with two attached hydrogens (primary N) is 2. The number of rotatable bonds is 7. The van der Waals surface area contributed by atoms with Crippen LogP contribution < -0.4 is 11.5 Å². The van der Waals surface area contributed by atoms with Crippen LogP contribution in [-0.4, -0.2) is 25.9 Å². The van der Waals surface area contributed by atoms with Gasteiger partial charge in [0.25, 0.3) is 20.2 Å². The Balaban J connectivity index is 1.56. The van der Waals surface area contributed by atoms with Gasteiger partial charge in [0, 0.05) is 43.1 Å². The molecule has 6 rings (SSSR count). The second-order valence-electron chi connectivity index (χ2n) is 10.6. The van der Waals surface area contributed by atoms with E-state index in [4.69, 9.17) is 37.5 Å². The van der Waals surface area contributed by atoms with E-state index in [9.17, 15) is 25.9 Å². The maximum atomic E-state index is 12.7. The molecule has 0 spiro atoms. The SMILES string of the molecule is [H]/N=N/c1c(S(=O)(=O)O)c(-c2ccc(-c3ccc(-c4c(S(=O)(=O)O)c(/N=N/[H])c(N)c5ccccc45)c(Cl)c3)cc2Cl)c2ccccc2c1N. The van der Waals surface area contributed by atoms with Crippen LogP contribution in [0, 0.1) is 11.0 Å².